The minimum atomic E-state index is 0.157. The number of anilines is 1. The normalized spacial score (nSPS) is 16.0. The molecule has 0 spiro atoms. The molecule has 0 saturated carbocycles. The maximum atomic E-state index is 12.2. The van der Waals surface area contributed by atoms with Crippen molar-refractivity contribution in [3.8, 4) is 0 Å². The standard InChI is InChI=1S/C27H36N6OS/c1-30(2)26(34)13-12-25-29-23(11-10-21-8-4-3-5-9-21)24-20-31(16-17-33(24)25)19-22-18-28-27(35-22)32-14-6-7-15-32/h3-5,8-9,18H,6-7,10-17,19-20H2,1-2H3. The number of carbonyl (C=O) groups excluding carboxylic acids is 1. The Morgan fingerprint density at radius 1 is 1.03 bits per heavy atom. The molecule has 7 nitrogen and oxygen atoms in total. The summed E-state index contributed by atoms with van der Waals surface area (Å²) >= 11 is 1.84. The fourth-order valence-corrected chi connectivity index (χ4v) is 6.09. The van der Waals surface area contributed by atoms with Gasteiger partial charge in [0.15, 0.2) is 5.13 Å². The van der Waals surface area contributed by atoms with Gasteiger partial charge in [-0.2, -0.15) is 0 Å². The van der Waals surface area contributed by atoms with E-state index in [1.54, 1.807) is 4.90 Å². The van der Waals surface area contributed by atoms with Crippen molar-refractivity contribution in [1.29, 1.82) is 0 Å². The lowest BCUT2D eigenvalue weighted by Crippen LogP contribution is -2.34. The van der Waals surface area contributed by atoms with Crippen molar-refractivity contribution in [2.45, 2.75) is 58.2 Å². The van der Waals surface area contributed by atoms with Crippen molar-refractivity contribution < 1.29 is 4.79 Å². The Morgan fingerprint density at radius 3 is 2.60 bits per heavy atom. The number of rotatable bonds is 9. The predicted octanol–water partition coefficient (Wildman–Crippen LogP) is 3.76. The lowest BCUT2D eigenvalue weighted by Gasteiger charge is -2.29. The summed E-state index contributed by atoms with van der Waals surface area (Å²) in [6, 6.07) is 10.6. The first-order valence-corrected chi connectivity index (χ1v) is 13.6. The van der Waals surface area contributed by atoms with Crippen molar-refractivity contribution >= 4 is 22.4 Å². The van der Waals surface area contributed by atoms with Gasteiger partial charge in [-0.15, -0.1) is 11.3 Å². The van der Waals surface area contributed by atoms with E-state index in [2.05, 4.69) is 50.9 Å². The highest BCUT2D eigenvalue weighted by molar-refractivity contribution is 7.15. The van der Waals surface area contributed by atoms with E-state index < -0.39 is 0 Å². The first kappa shape index (κ1) is 24.0. The van der Waals surface area contributed by atoms with Crippen LogP contribution in [0.4, 0.5) is 5.13 Å². The molecule has 186 valence electrons. The van der Waals surface area contributed by atoms with E-state index in [4.69, 9.17) is 9.97 Å². The van der Waals surface area contributed by atoms with Crippen LogP contribution in [-0.4, -0.2) is 64.0 Å². The fraction of sp³-hybridized carbons (Fsp3) is 0.519. The smallest absolute Gasteiger partial charge is 0.222 e. The van der Waals surface area contributed by atoms with E-state index in [9.17, 15) is 4.79 Å². The predicted molar refractivity (Wildman–Crippen MR) is 141 cm³/mol. The molecule has 2 aromatic heterocycles. The molecule has 5 rings (SSSR count). The Bertz CT molecular complexity index is 1130. The number of benzene rings is 1. The third-order valence-corrected chi connectivity index (χ3v) is 8.14. The van der Waals surface area contributed by atoms with Gasteiger partial charge in [-0.25, -0.2) is 9.97 Å². The van der Waals surface area contributed by atoms with Crippen molar-refractivity contribution in [1.82, 2.24) is 24.3 Å². The van der Waals surface area contributed by atoms with Gasteiger partial charge in [0.1, 0.15) is 5.82 Å². The highest BCUT2D eigenvalue weighted by Crippen LogP contribution is 2.28. The number of amides is 1. The van der Waals surface area contributed by atoms with E-state index >= 15 is 0 Å². The van der Waals surface area contributed by atoms with Crippen LogP contribution in [0.2, 0.25) is 0 Å². The van der Waals surface area contributed by atoms with Gasteiger partial charge in [-0.05, 0) is 31.2 Å². The van der Waals surface area contributed by atoms with Gasteiger partial charge in [0.05, 0.1) is 11.4 Å². The molecule has 3 aromatic rings. The van der Waals surface area contributed by atoms with Gasteiger partial charge >= 0.3 is 0 Å². The van der Waals surface area contributed by atoms with Crippen molar-refractivity contribution in [3.63, 3.8) is 0 Å². The summed E-state index contributed by atoms with van der Waals surface area (Å²) in [4.78, 5) is 30.0. The van der Waals surface area contributed by atoms with Crippen LogP contribution < -0.4 is 4.90 Å². The van der Waals surface area contributed by atoms with Crippen molar-refractivity contribution in [2.75, 3.05) is 38.6 Å². The number of carbonyl (C=O) groups is 1. The van der Waals surface area contributed by atoms with Crippen LogP contribution >= 0.6 is 11.3 Å². The first-order chi connectivity index (χ1) is 17.1. The summed E-state index contributed by atoms with van der Waals surface area (Å²) in [5.41, 5.74) is 3.85. The number of aryl methyl sites for hydroxylation is 3. The van der Waals surface area contributed by atoms with E-state index in [-0.39, 0.29) is 5.91 Å². The van der Waals surface area contributed by atoms with Crippen LogP contribution in [0.3, 0.4) is 0 Å². The van der Waals surface area contributed by atoms with Crippen LogP contribution in [0.25, 0.3) is 0 Å². The monoisotopic (exact) mass is 492 g/mol. The van der Waals surface area contributed by atoms with E-state index in [0.29, 0.717) is 12.8 Å². The molecule has 0 atom stereocenters. The van der Waals surface area contributed by atoms with Crippen LogP contribution in [0.15, 0.2) is 36.5 Å². The van der Waals surface area contributed by atoms with Crippen molar-refractivity contribution in [2.24, 2.45) is 0 Å². The van der Waals surface area contributed by atoms with Crippen LogP contribution in [-0.2, 0) is 43.7 Å². The Labute approximate surface area is 212 Å². The maximum Gasteiger partial charge on any atom is 0.222 e. The summed E-state index contributed by atoms with van der Waals surface area (Å²) in [6.45, 7) is 6.03. The molecule has 0 N–H and O–H groups in total. The van der Waals surface area contributed by atoms with Crippen LogP contribution in [0.1, 0.15) is 46.9 Å². The van der Waals surface area contributed by atoms with Gasteiger partial charge in [0, 0.05) is 77.3 Å². The quantitative estimate of drug-likeness (QED) is 0.455. The van der Waals surface area contributed by atoms with Crippen molar-refractivity contribution in [3.05, 3.63) is 64.2 Å². The molecule has 2 aliphatic rings. The van der Waals surface area contributed by atoms with Gasteiger partial charge in [0.2, 0.25) is 5.91 Å². The van der Waals surface area contributed by atoms with Gasteiger partial charge in [0.25, 0.3) is 0 Å². The van der Waals surface area contributed by atoms with Gasteiger partial charge in [-0.3, -0.25) is 9.69 Å². The first-order valence-electron chi connectivity index (χ1n) is 12.8. The molecule has 1 fully saturated rings. The van der Waals surface area contributed by atoms with E-state index in [1.165, 1.54) is 39.8 Å². The fourth-order valence-electron chi connectivity index (χ4n) is 5.09. The Hall–Kier alpha value is -2.71. The zero-order valence-corrected chi connectivity index (χ0v) is 21.8. The third-order valence-electron chi connectivity index (χ3n) is 7.10. The molecule has 8 heteroatoms. The molecule has 0 radical (unpaired) electrons. The second-order valence-corrected chi connectivity index (χ2v) is 11.0. The van der Waals surface area contributed by atoms with Crippen LogP contribution in [0.5, 0.6) is 0 Å². The summed E-state index contributed by atoms with van der Waals surface area (Å²) in [6.07, 6.45) is 7.73. The molecular formula is C27H36N6OS. The molecule has 2 aliphatic heterocycles. The van der Waals surface area contributed by atoms with E-state index in [1.807, 2.05) is 25.4 Å². The second kappa shape index (κ2) is 10.9. The van der Waals surface area contributed by atoms with Gasteiger partial charge < -0.3 is 14.4 Å². The summed E-state index contributed by atoms with van der Waals surface area (Å²) in [7, 11) is 3.64. The molecule has 0 bridgehead atoms. The minimum Gasteiger partial charge on any atom is -0.349 e. The average molecular weight is 493 g/mol. The topological polar surface area (TPSA) is 57.5 Å². The zero-order chi connectivity index (χ0) is 24.2. The molecule has 0 unspecified atom stereocenters. The highest BCUT2D eigenvalue weighted by Gasteiger charge is 2.25. The third kappa shape index (κ3) is 5.76. The average Bonchev–Trinajstić information content (AvgIpc) is 3.62. The molecule has 1 saturated heterocycles. The second-order valence-electron chi connectivity index (χ2n) is 9.86. The van der Waals surface area contributed by atoms with E-state index in [0.717, 1.165) is 57.9 Å². The number of hydrogen-bond donors (Lipinski definition) is 0. The summed E-state index contributed by atoms with van der Waals surface area (Å²) < 4.78 is 2.39. The lowest BCUT2D eigenvalue weighted by atomic mass is 10.1. The summed E-state index contributed by atoms with van der Waals surface area (Å²) in [5, 5.41) is 1.18. The van der Waals surface area contributed by atoms with Crippen LogP contribution in [0, 0.1) is 0 Å². The summed E-state index contributed by atoms with van der Waals surface area (Å²) in [5.74, 6) is 1.22. The Balaban J connectivity index is 1.30. The number of thiazole rings is 1. The molecular weight excluding hydrogens is 456 g/mol. The number of imidazole rings is 1. The largest absolute Gasteiger partial charge is 0.349 e. The Morgan fingerprint density at radius 2 is 1.83 bits per heavy atom. The Kier molecular flexibility index (Phi) is 7.48. The maximum absolute atomic E-state index is 12.2. The minimum absolute atomic E-state index is 0.157. The number of hydrogen-bond acceptors (Lipinski definition) is 6. The molecule has 0 aliphatic carbocycles. The number of fused-ring (bicyclic) bond motifs is 1. The molecule has 1 aromatic carbocycles. The van der Waals surface area contributed by atoms with Gasteiger partial charge in [-0.1, -0.05) is 30.3 Å². The number of nitrogens with zero attached hydrogens (tertiary/aromatic N) is 6. The zero-order valence-electron chi connectivity index (χ0n) is 20.9. The molecule has 4 heterocycles. The lowest BCUT2D eigenvalue weighted by molar-refractivity contribution is -0.128. The molecule has 35 heavy (non-hydrogen) atoms. The SMILES string of the molecule is CN(C)C(=O)CCc1nc(CCc2ccccc2)c2n1CCN(Cc1cnc(N3CCCC3)s1)C2. The highest BCUT2D eigenvalue weighted by atomic mass is 32.1. The number of aromatic nitrogens is 3. The molecule has 1 amide bonds.